The van der Waals surface area contributed by atoms with Crippen molar-refractivity contribution in [3.8, 4) is 0 Å². The van der Waals surface area contributed by atoms with Crippen molar-refractivity contribution < 1.29 is 9.90 Å². The lowest BCUT2D eigenvalue weighted by Gasteiger charge is -2.19. The fourth-order valence-electron chi connectivity index (χ4n) is 2.55. The molecule has 0 aromatic carbocycles. The second kappa shape index (κ2) is 4.97. The predicted octanol–water partition coefficient (Wildman–Crippen LogP) is 1.45. The van der Waals surface area contributed by atoms with Crippen molar-refractivity contribution >= 4 is 5.91 Å². The van der Waals surface area contributed by atoms with E-state index in [2.05, 4.69) is 5.32 Å². The highest BCUT2D eigenvalue weighted by Gasteiger charge is 2.33. The van der Waals surface area contributed by atoms with Crippen LogP contribution in [0.5, 0.6) is 0 Å². The summed E-state index contributed by atoms with van der Waals surface area (Å²) in [5.74, 6) is 1.13. The van der Waals surface area contributed by atoms with Crippen LogP contribution >= 0.6 is 0 Å². The maximum Gasteiger partial charge on any atom is 0.223 e. The van der Waals surface area contributed by atoms with Gasteiger partial charge in [0.15, 0.2) is 0 Å². The van der Waals surface area contributed by atoms with E-state index in [9.17, 15) is 4.79 Å². The van der Waals surface area contributed by atoms with Crippen molar-refractivity contribution in [2.24, 2.45) is 11.8 Å². The Morgan fingerprint density at radius 2 is 1.93 bits per heavy atom. The number of hydrogen-bond donors (Lipinski definition) is 2. The molecule has 0 heterocycles. The molecule has 2 N–H and O–H groups in total. The van der Waals surface area contributed by atoms with Crippen LogP contribution in [0.1, 0.15) is 44.9 Å². The quantitative estimate of drug-likeness (QED) is 0.723. The van der Waals surface area contributed by atoms with E-state index >= 15 is 0 Å². The lowest BCUT2D eigenvalue weighted by Crippen LogP contribution is -2.40. The molecule has 0 bridgehead atoms. The van der Waals surface area contributed by atoms with Crippen molar-refractivity contribution in [2.75, 3.05) is 6.61 Å². The van der Waals surface area contributed by atoms with Crippen LogP contribution in [-0.4, -0.2) is 23.7 Å². The van der Waals surface area contributed by atoms with Crippen molar-refractivity contribution in [1.29, 1.82) is 0 Å². The van der Waals surface area contributed by atoms with E-state index < -0.39 is 0 Å². The van der Waals surface area contributed by atoms with E-state index in [0.717, 1.165) is 19.3 Å². The van der Waals surface area contributed by atoms with Gasteiger partial charge in [-0.3, -0.25) is 4.79 Å². The van der Waals surface area contributed by atoms with E-state index in [4.69, 9.17) is 5.11 Å². The summed E-state index contributed by atoms with van der Waals surface area (Å²) in [6, 6.07) is 0.239. The number of amides is 1. The molecule has 0 aromatic rings. The topological polar surface area (TPSA) is 49.3 Å². The Hall–Kier alpha value is -0.570. The van der Waals surface area contributed by atoms with Gasteiger partial charge in [-0.15, -0.1) is 0 Å². The van der Waals surface area contributed by atoms with Gasteiger partial charge in [0.1, 0.15) is 0 Å². The van der Waals surface area contributed by atoms with Gasteiger partial charge in [0.25, 0.3) is 0 Å². The molecule has 0 spiro atoms. The van der Waals surface area contributed by atoms with E-state index in [1.54, 1.807) is 0 Å². The van der Waals surface area contributed by atoms with Crippen LogP contribution in [0, 0.1) is 11.8 Å². The molecule has 1 amide bonds. The standard InChI is InChI=1S/C12H21NO2/c14-8-7-11(9-5-6-9)13-12(15)10-3-1-2-4-10/h9-11,14H,1-8H2,(H,13,15). The Balaban J connectivity index is 1.79. The second-order valence-electron chi connectivity index (χ2n) is 4.95. The van der Waals surface area contributed by atoms with E-state index in [1.165, 1.54) is 25.7 Å². The molecule has 0 radical (unpaired) electrons. The van der Waals surface area contributed by atoms with Gasteiger partial charge in [-0.2, -0.15) is 0 Å². The maximum absolute atomic E-state index is 11.9. The van der Waals surface area contributed by atoms with Gasteiger partial charge < -0.3 is 10.4 Å². The van der Waals surface area contributed by atoms with Gasteiger partial charge in [0.05, 0.1) is 0 Å². The Morgan fingerprint density at radius 1 is 1.27 bits per heavy atom. The molecule has 0 saturated heterocycles. The summed E-state index contributed by atoms with van der Waals surface area (Å²) >= 11 is 0. The van der Waals surface area contributed by atoms with Gasteiger partial charge in [0.2, 0.25) is 5.91 Å². The molecule has 2 aliphatic carbocycles. The Kier molecular flexibility index (Phi) is 3.62. The maximum atomic E-state index is 11.9. The van der Waals surface area contributed by atoms with Crippen LogP contribution < -0.4 is 5.32 Å². The third-order valence-corrected chi connectivity index (χ3v) is 3.68. The summed E-state index contributed by atoms with van der Waals surface area (Å²) in [4.78, 5) is 11.9. The molecule has 86 valence electrons. The molecular formula is C12H21NO2. The molecule has 2 saturated carbocycles. The first-order valence-electron chi connectivity index (χ1n) is 6.22. The van der Waals surface area contributed by atoms with Crippen LogP contribution in [0.4, 0.5) is 0 Å². The normalized spacial score (nSPS) is 24.1. The van der Waals surface area contributed by atoms with Crippen LogP contribution in [0.25, 0.3) is 0 Å². The highest BCUT2D eigenvalue weighted by Crippen LogP contribution is 2.34. The monoisotopic (exact) mass is 211 g/mol. The summed E-state index contributed by atoms with van der Waals surface area (Å²) in [5.41, 5.74) is 0. The molecule has 1 unspecified atom stereocenters. The predicted molar refractivity (Wildman–Crippen MR) is 58.3 cm³/mol. The lowest BCUT2D eigenvalue weighted by molar-refractivity contribution is -0.125. The van der Waals surface area contributed by atoms with E-state index in [0.29, 0.717) is 5.92 Å². The number of rotatable bonds is 5. The van der Waals surface area contributed by atoms with Gasteiger partial charge in [0, 0.05) is 18.6 Å². The third-order valence-electron chi connectivity index (χ3n) is 3.68. The molecule has 2 fully saturated rings. The Bertz CT molecular complexity index is 220. The van der Waals surface area contributed by atoms with Crippen LogP contribution in [0.3, 0.4) is 0 Å². The zero-order valence-electron chi connectivity index (χ0n) is 9.24. The molecule has 2 rings (SSSR count). The summed E-state index contributed by atoms with van der Waals surface area (Å²) in [5, 5.41) is 12.1. The third kappa shape index (κ3) is 2.94. The minimum absolute atomic E-state index is 0.187. The second-order valence-corrected chi connectivity index (χ2v) is 4.95. The van der Waals surface area contributed by atoms with Crippen LogP contribution in [0.15, 0.2) is 0 Å². The van der Waals surface area contributed by atoms with E-state index in [1.807, 2.05) is 0 Å². The Labute approximate surface area is 91.2 Å². The summed E-state index contributed by atoms with van der Waals surface area (Å²) in [6.07, 6.45) is 7.68. The first-order chi connectivity index (χ1) is 7.31. The molecule has 3 heteroatoms. The van der Waals surface area contributed by atoms with Crippen LogP contribution in [-0.2, 0) is 4.79 Å². The summed E-state index contributed by atoms with van der Waals surface area (Å²) < 4.78 is 0. The number of aliphatic hydroxyl groups excluding tert-OH is 1. The summed E-state index contributed by atoms with van der Waals surface area (Å²) in [7, 11) is 0. The van der Waals surface area contributed by atoms with Gasteiger partial charge in [-0.1, -0.05) is 12.8 Å². The number of aliphatic hydroxyl groups is 1. The number of carbonyl (C=O) groups is 1. The van der Waals surface area contributed by atoms with Gasteiger partial charge >= 0.3 is 0 Å². The largest absolute Gasteiger partial charge is 0.396 e. The fraction of sp³-hybridized carbons (Fsp3) is 0.917. The minimum Gasteiger partial charge on any atom is -0.396 e. The first-order valence-corrected chi connectivity index (χ1v) is 6.22. The van der Waals surface area contributed by atoms with Gasteiger partial charge in [-0.05, 0) is 38.0 Å². The van der Waals surface area contributed by atoms with Crippen molar-refractivity contribution in [2.45, 2.75) is 51.0 Å². The average molecular weight is 211 g/mol. The average Bonchev–Trinajstić information content (AvgIpc) is 2.92. The Morgan fingerprint density at radius 3 is 2.47 bits per heavy atom. The molecule has 0 aromatic heterocycles. The fourth-order valence-corrected chi connectivity index (χ4v) is 2.55. The molecule has 15 heavy (non-hydrogen) atoms. The zero-order valence-corrected chi connectivity index (χ0v) is 9.24. The smallest absolute Gasteiger partial charge is 0.223 e. The molecule has 1 atom stereocenters. The highest BCUT2D eigenvalue weighted by molar-refractivity contribution is 5.79. The SMILES string of the molecule is O=C(NC(CCO)C1CC1)C1CCCC1. The minimum atomic E-state index is 0.187. The summed E-state index contributed by atoms with van der Waals surface area (Å²) in [6.45, 7) is 0.187. The highest BCUT2D eigenvalue weighted by atomic mass is 16.3. The first kappa shape index (κ1) is 10.9. The number of nitrogens with one attached hydrogen (secondary N) is 1. The lowest BCUT2D eigenvalue weighted by atomic mass is 10.0. The van der Waals surface area contributed by atoms with Crippen molar-refractivity contribution in [3.05, 3.63) is 0 Å². The zero-order chi connectivity index (χ0) is 10.7. The van der Waals surface area contributed by atoms with Crippen molar-refractivity contribution in [1.82, 2.24) is 5.32 Å². The van der Waals surface area contributed by atoms with Gasteiger partial charge in [-0.25, -0.2) is 0 Å². The van der Waals surface area contributed by atoms with E-state index in [-0.39, 0.29) is 24.5 Å². The molecular weight excluding hydrogens is 190 g/mol. The molecule has 2 aliphatic rings. The van der Waals surface area contributed by atoms with Crippen LogP contribution in [0.2, 0.25) is 0 Å². The number of hydrogen-bond acceptors (Lipinski definition) is 2. The van der Waals surface area contributed by atoms with Crippen molar-refractivity contribution in [3.63, 3.8) is 0 Å². The number of carbonyl (C=O) groups excluding carboxylic acids is 1. The molecule has 0 aliphatic heterocycles. The molecule has 3 nitrogen and oxygen atoms in total.